The first kappa shape index (κ1) is 9.11. The van der Waals surface area contributed by atoms with E-state index < -0.39 is 0 Å². The lowest BCUT2D eigenvalue weighted by Gasteiger charge is -2.27. The van der Waals surface area contributed by atoms with Crippen LogP contribution in [0.15, 0.2) is 11.8 Å². The SMILES string of the molecule is C(=C1CCCCC1)N1CCCCC1. The molecule has 0 radical (unpaired) electrons. The molecule has 2 fully saturated rings. The van der Waals surface area contributed by atoms with Gasteiger partial charge in [-0.3, -0.25) is 0 Å². The molecule has 0 atom stereocenters. The zero-order valence-electron chi connectivity index (χ0n) is 8.60. The van der Waals surface area contributed by atoms with E-state index >= 15 is 0 Å². The maximum Gasteiger partial charge on any atom is 0.0172 e. The second kappa shape index (κ2) is 4.69. The first-order valence-corrected chi connectivity index (χ1v) is 5.89. The summed E-state index contributed by atoms with van der Waals surface area (Å²) in [5, 5.41) is 0. The van der Waals surface area contributed by atoms with Crippen LogP contribution in [-0.2, 0) is 0 Å². The van der Waals surface area contributed by atoms with E-state index in [0.29, 0.717) is 0 Å². The van der Waals surface area contributed by atoms with Crippen molar-refractivity contribution >= 4 is 0 Å². The fourth-order valence-corrected chi connectivity index (χ4v) is 2.44. The molecule has 1 heteroatoms. The molecular weight excluding hydrogens is 158 g/mol. The predicted molar refractivity (Wildman–Crippen MR) is 56.6 cm³/mol. The highest BCUT2D eigenvalue weighted by molar-refractivity contribution is 5.03. The molecule has 2 rings (SSSR count). The van der Waals surface area contributed by atoms with Crippen molar-refractivity contribution < 1.29 is 0 Å². The third-order valence-electron chi connectivity index (χ3n) is 3.25. The van der Waals surface area contributed by atoms with Crippen molar-refractivity contribution in [1.29, 1.82) is 0 Å². The van der Waals surface area contributed by atoms with Gasteiger partial charge in [-0.2, -0.15) is 0 Å². The Balaban J connectivity index is 1.85. The molecule has 1 aliphatic heterocycles. The average molecular weight is 179 g/mol. The Morgan fingerprint density at radius 2 is 1.38 bits per heavy atom. The molecule has 74 valence electrons. The number of allylic oxidation sites excluding steroid dienone is 1. The van der Waals surface area contributed by atoms with E-state index in [-0.39, 0.29) is 0 Å². The maximum atomic E-state index is 2.55. The molecule has 1 nitrogen and oxygen atoms in total. The molecule has 0 unspecified atom stereocenters. The van der Waals surface area contributed by atoms with Gasteiger partial charge in [0.05, 0.1) is 0 Å². The minimum Gasteiger partial charge on any atom is -0.377 e. The van der Waals surface area contributed by atoms with Crippen LogP contribution in [0.1, 0.15) is 51.4 Å². The van der Waals surface area contributed by atoms with E-state index in [9.17, 15) is 0 Å². The number of hydrogen-bond acceptors (Lipinski definition) is 1. The first-order chi connectivity index (χ1) is 6.45. The molecule has 0 aromatic heterocycles. The van der Waals surface area contributed by atoms with Crippen LogP contribution in [0.4, 0.5) is 0 Å². The van der Waals surface area contributed by atoms with Gasteiger partial charge in [0.25, 0.3) is 0 Å². The molecule has 2 aliphatic rings. The maximum absolute atomic E-state index is 2.55. The highest BCUT2D eigenvalue weighted by atomic mass is 15.1. The van der Waals surface area contributed by atoms with Crippen molar-refractivity contribution in [2.75, 3.05) is 13.1 Å². The van der Waals surface area contributed by atoms with Gasteiger partial charge in [-0.25, -0.2) is 0 Å². The van der Waals surface area contributed by atoms with E-state index in [1.165, 1.54) is 64.5 Å². The quantitative estimate of drug-likeness (QED) is 0.597. The van der Waals surface area contributed by atoms with Crippen LogP contribution in [0.2, 0.25) is 0 Å². The average Bonchev–Trinajstić information content (AvgIpc) is 2.21. The van der Waals surface area contributed by atoms with Crippen molar-refractivity contribution in [3.8, 4) is 0 Å². The lowest BCUT2D eigenvalue weighted by molar-refractivity contribution is 0.305. The Morgan fingerprint density at radius 1 is 0.769 bits per heavy atom. The minimum absolute atomic E-state index is 1.31. The molecule has 0 aromatic carbocycles. The van der Waals surface area contributed by atoms with Crippen molar-refractivity contribution in [2.24, 2.45) is 0 Å². The van der Waals surface area contributed by atoms with E-state index in [2.05, 4.69) is 11.1 Å². The van der Waals surface area contributed by atoms with Crippen LogP contribution < -0.4 is 0 Å². The van der Waals surface area contributed by atoms with Crippen molar-refractivity contribution in [1.82, 2.24) is 4.90 Å². The smallest absolute Gasteiger partial charge is 0.0172 e. The summed E-state index contributed by atoms with van der Waals surface area (Å²) >= 11 is 0. The van der Waals surface area contributed by atoms with E-state index in [4.69, 9.17) is 0 Å². The Morgan fingerprint density at radius 3 is 2.08 bits per heavy atom. The minimum atomic E-state index is 1.31. The monoisotopic (exact) mass is 179 g/mol. The summed E-state index contributed by atoms with van der Waals surface area (Å²) in [7, 11) is 0. The largest absolute Gasteiger partial charge is 0.377 e. The van der Waals surface area contributed by atoms with E-state index in [1.54, 1.807) is 5.57 Å². The van der Waals surface area contributed by atoms with Crippen LogP contribution in [-0.4, -0.2) is 18.0 Å². The lowest BCUT2D eigenvalue weighted by Crippen LogP contribution is -2.25. The fraction of sp³-hybridized carbons (Fsp3) is 0.833. The zero-order valence-corrected chi connectivity index (χ0v) is 8.60. The van der Waals surface area contributed by atoms with Gasteiger partial charge in [0.1, 0.15) is 0 Å². The van der Waals surface area contributed by atoms with Crippen LogP contribution in [0.25, 0.3) is 0 Å². The van der Waals surface area contributed by atoms with Gasteiger partial charge in [0.2, 0.25) is 0 Å². The Labute approximate surface area is 81.8 Å². The number of piperidine rings is 1. The van der Waals surface area contributed by atoms with Crippen LogP contribution in [0.3, 0.4) is 0 Å². The molecule has 1 aliphatic carbocycles. The zero-order chi connectivity index (χ0) is 8.93. The van der Waals surface area contributed by atoms with Crippen LogP contribution >= 0.6 is 0 Å². The molecule has 0 N–H and O–H groups in total. The second-order valence-corrected chi connectivity index (χ2v) is 4.44. The molecule has 13 heavy (non-hydrogen) atoms. The number of nitrogens with zero attached hydrogens (tertiary/aromatic N) is 1. The molecule has 1 saturated heterocycles. The van der Waals surface area contributed by atoms with Crippen molar-refractivity contribution in [2.45, 2.75) is 51.4 Å². The van der Waals surface area contributed by atoms with E-state index in [1.807, 2.05) is 0 Å². The standard InChI is InChI=1S/C12H21N/c1-3-7-12(8-4-1)11-13-9-5-2-6-10-13/h11H,1-10H2. The van der Waals surface area contributed by atoms with Gasteiger partial charge in [0.15, 0.2) is 0 Å². The summed E-state index contributed by atoms with van der Waals surface area (Å²) in [5.74, 6) is 0. The van der Waals surface area contributed by atoms with Gasteiger partial charge in [0, 0.05) is 13.1 Å². The van der Waals surface area contributed by atoms with Gasteiger partial charge >= 0.3 is 0 Å². The predicted octanol–water partition coefficient (Wildman–Crippen LogP) is 3.32. The first-order valence-electron chi connectivity index (χ1n) is 5.89. The summed E-state index contributed by atoms with van der Waals surface area (Å²) in [5.41, 5.74) is 1.72. The summed E-state index contributed by atoms with van der Waals surface area (Å²) in [6, 6.07) is 0. The highest BCUT2D eigenvalue weighted by Crippen LogP contribution is 2.23. The normalized spacial score (nSPS) is 24.6. The second-order valence-electron chi connectivity index (χ2n) is 4.44. The molecule has 0 aromatic rings. The Bertz CT molecular complexity index is 170. The molecular formula is C12H21N. The van der Waals surface area contributed by atoms with Gasteiger partial charge in [-0.15, -0.1) is 0 Å². The number of likely N-dealkylation sites (tertiary alicyclic amines) is 1. The molecule has 1 saturated carbocycles. The summed E-state index contributed by atoms with van der Waals surface area (Å²) in [6.07, 6.45) is 13.8. The van der Waals surface area contributed by atoms with Gasteiger partial charge < -0.3 is 4.90 Å². The highest BCUT2D eigenvalue weighted by Gasteiger charge is 2.09. The van der Waals surface area contributed by atoms with Crippen molar-refractivity contribution in [3.63, 3.8) is 0 Å². The van der Waals surface area contributed by atoms with Gasteiger partial charge in [-0.05, 0) is 51.1 Å². The number of rotatable bonds is 1. The van der Waals surface area contributed by atoms with Crippen molar-refractivity contribution in [3.05, 3.63) is 11.8 Å². The third kappa shape index (κ3) is 2.75. The molecule has 1 heterocycles. The topological polar surface area (TPSA) is 3.24 Å². The van der Waals surface area contributed by atoms with Gasteiger partial charge in [-0.1, -0.05) is 12.0 Å². The van der Waals surface area contributed by atoms with Crippen LogP contribution in [0.5, 0.6) is 0 Å². The Kier molecular flexibility index (Phi) is 3.28. The third-order valence-corrected chi connectivity index (χ3v) is 3.25. The number of hydrogen-bond donors (Lipinski definition) is 0. The molecule has 0 spiro atoms. The Hall–Kier alpha value is -0.460. The van der Waals surface area contributed by atoms with Crippen LogP contribution in [0, 0.1) is 0 Å². The summed E-state index contributed by atoms with van der Waals surface area (Å²) in [6.45, 7) is 2.62. The summed E-state index contributed by atoms with van der Waals surface area (Å²) in [4.78, 5) is 2.55. The molecule has 0 amide bonds. The lowest BCUT2D eigenvalue weighted by atomic mass is 9.95. The van der Waals surface area contributed by atoms with E-state index in [0.717, 1.165) is 0 Å². The fourth-order valence-electron chi connectivity index (χ4n) is 2.44. The summed E-state index contributed by atoms with van der Waals surface area (Å²) < 4.78 is 0. The molecule has 0 bridgehead atoms.